The molecule has 5 heteroatoms. The molecule has 132 valence electrons. The van der Waals surface area contributed by atoms with Crippen LogP contribution >= 0.6 is 0 Å². The number of nitrogens with one attached hydrogen (secondary N) is 1. The summed E-state index contributed by atoms with van der Waals surface area (Å²) in [6, 6.07) is 15.4. The average Bonchev–Trinajstić information content (AvgIpc) is 2.66. The first-order chi connectivity index (χ1) is 12.7. The van der Waals surface area contributed by atoms with Gasteiger partial charge in [-0.1, -0.05) is 42.2 Å². The largest absolute Gasteiger partial charge is 0.364 e. The van der Waals surface area contributed by atoms with Crippen LogP contribution in [0, 0.1) is 11.8 Å². The van der Waals surface area contributed by atoms with E-state index in [4.69, 9.17) is 4.74 Å². The molecule has 1 aliphatic heterocycles. The predicted octanol–water partition coefficient (Wildman–Crippen LogP) is 2.43. The molecule has 0 spiro atoms. The molecule has 0 aliphatic carbocycles. The first-order valence-corrected chi connectivity index (χ1v) is 8.44. The molecule has 26 heavy (non-hydrogen) atoms. The Hall–Kier alpha value is -3.10. The first-order valence-electron chi connectivity index (χ1n) is 8.44. The van der Waals surface area contributed by atoms with Crippen LogP contribution in [0.3, 0.4) is 0 Å². The number of methoxy groups -OCH3 is 1. The Balaban J connectivity index is 1.85. The van der Waals surface area contributed by atoms with Crippen LogP contribution in [0.25, 0.3) is 0 Å². The molecule has 0 saturated carbocycles. The molecule has 0 radical (unpaired) electrons. The lowest BCUT2D eigenvalue weighted by molar-refractivity contribution is -0.126. The maximum Gasteiger partial charge on any atom is 0.227 e. The first kappa shape index (κ1) is 17.7. The number of para-hydroxylation sites is 1. The van der Waals surface area contributed by atoms with Gasteiger partial charge in [0.2, 0.25) is 11.8 Å². The van der Waals surface area contributed by atoms with Crippen LogP contribution in [0.2, 0.25) is 0 Å². The van der Waals surface area contributed by atoms with Crippen molar-refractivity contribution in [2.75, 3.05) is 18.7 Å². The fourth-order valence-corrected chi connectivity index (χ4v) is 2.80. The summed E-state index contributed by atoms with van der Waals surface area (Å²) < 4.78 is 4.81. The third-order valence-corrected chi connectivity index (χ3v) is 4.15. The van der Waals surface area contributed by atoms with Crippen LogP contribution in [-0.2, 0) is 20.9 Å². The van der Waals surface area contributed by atoms with Gasteiger partial charge in [-0.3, -0.25) is 9.59 Å². The number of fused-ring (bicyclic) bond motifs is 2. The zero-order chi connectivity index (χ0) is 18.4. The number of nitrogens with zero attached hydrogens (tertiary/aromatic N) is 1. The molecule has 1 heterocycles. The molecule has 2 aromatic carbocycles. The lowest BCUT2D eigenvalue weighted by Crippen LogP contribution is -2.33. The van der Waals surface area contributed by atoms with Crippen molar-refractivity contribution in [3.05, 3.63) is 65.2 Å². The van der Waals surface area contributed by atoms with Gasteiger partial charge < -0.3 is 15.0 Å². The fourth-order valence-electron chi connectivity index (χ4n) is 2.80. The molecule has 0 saturated heterocycles. The van der Waals surface area contributed by atoms with Gasteiger partial charge in [-0.2, -0.15) is 0 Å². The van der Waals surface area contributed by atoms with Crippen molar-refractivity contribution in [2.24, 2.45) is 0 Å². The van der Waals surface area contributed by atoms with Crippen molar-refractivity contribution < 1.29 is 14.3 Å². The van der Waals surface area contributed by atoms with Crippen molar-refractivity contribution in [3.63, 3.8) is 0 Å². The monoisotopic (exact) mass is 348 g/mol. The number of hydrogen-bond donors (Lipinski definition) is 1. The Labute approximate surface area is 153 Å². The summed E-state index contributed by atoms with van der Waals surface area (Å²) in [5, 5.41) is 2.59. The van der Waals surface area contributed by atoms with E-state index in [1.165, 1.54) is 7.11 Å². The number of ether oxygens (including phenoxy) is 1. The van der Waals surface area contributed by atoms with Gasteiger partial charge in [0, 0.05) is 31.1 Å². The van der Waals surface area contributed by atoms with Crippen molar-refractivity contribution in [3.8, 4) is 11.8 Å². The summed E-state index contributed by atoms with van der Waals surface area (Å²) in [5.74, 6) is 6.03. The van der Waals surface area contributed by atoms with E-state index in [1.807, 2.05) is 48.5 Å². The Kier molecular flexibility index (Phi) is 5.67. The predicted molar refractivity (Wildman–Crippen MR) is 99.3 cm³/mol. The maximum absolute atomic E-state index is 12.9. The second-order valence-corrected chi connectivity index (χ2v) is 5.94. The Morgan fingerprint density at radius 2 is 1.73 bits per heavy atom. The van der Waals surface area contributed by atoms with E-state index in [1.54, 1.807) is 4.90 Å². The fraction of sp³-hybridized carbons (Fsp3) is 0.238. The molecule has 0 atom stereocenters. The highest BCUT2D eigenvalue weighted by molar-refractivity contribution is 5.96. The Morgan fingerprint density at radius 1 is 1.04 bits per heavy atom. The van der Waals surface area contributed by atoms with Crippen molar-refractivity contribution >= 4 is 17.5 Å². The van der Waals surface area contributed by atoms with E-state index in [9.17, 15) is 9.59 Å². The molecule has 0 bridgehead atoms. The smallest absolute Gasteiger partial charge is 0.227 e. The molecule has 1 N–H and O–H groups in total. The van der Waals surface area contributed by atoms with E-state index < -0.39 is 0 Å². The van der Waals surface area contributed by atoms with Crippen molar-refractivity contribution in [1.82, 2.24) is 5.32 Å². The zero-order valence-electron chi connectivity index (χ0n) is 14.6. The van der Waals surface area contributed by atoms with Gasteiger partial charge in [-0.05, 0) is 23.8 Å². The molecule has 0 unspecified atom stereocenters. The van der Waals surface area contributed by atoms with Gasteiger partial charge in [0.05, 0.1) is 12.2 Å². The molecule has 2 amide bonds. The standard InChI is InChI=1S/C21H20N2O3/c1-26-15-22-20(24)12-13-21(25)23-14-18-8-3-2-6-16(18)10-11-17-7-4-5-9-19(17)23/h2-9H,12-15H2,1H3,(H,22,24). The normalized spacial score (nSPS) is 12.0. The van der Waals surface area contributed by atoms with Crippen LogP contribution in [0.5, 0.6) is 0 Å². The van der Waals surface area contributed by atoms with E-state index in [0.29, 0.717) is 6.54 Å². The molecule has 2 aromatic rings. The molecular weight excluding hydrogens is 328 g/mol. The highest BCUT2D eigenvalue weighted by atomic mass is 16.5. The van der Waals surface area contributed by atoms with Crippen LogP contribution in [0.15, 0.2) is 48.5 Å². The summed E-state index contributed by atoms with van der Waals surface area (Å²) in [6.07, 6.45) is 0.244. The highest BCUT2D eigenvalue weighted by Gasteiger charge is 2.21. The number of anilines is 1. The third-order valence-electron chi connectivity index (χ3n) is 4.15. The Bertz CT molecular complexity index is 880. The second-order valence-electron chi connectivity index (χ2n) is 5.94. The summed E-state index contributed by atoms with van der Waals surface area (Å²) in [7, 11) is 1.50. The average molecular weight is 348 g/mol. The van der Waals surface area contributed by atoms with Crippen LogP contribution < -0.4 is 10.2 Å². The van der Waals surface area contributed by atoms with Gasteiger partial charge in [-0.15, -0.1) is 0 Å². The van der Waals surface area contributed by atoms with Gasteiger partial charge in [0.1, 0.15) is 6.73 Å². The third kappa shape index (κ3) is 4.11. The van der Waals surface area contributed by atoms with Crippen LogP contribution in [-0.4, -0.2) is 25.7 Å². The Morgan fingerprint density at radius 3 is 2.54 bits per heavy atom. The number of carbonyl (C=O) groups excluding carboxylic acids is 2. The minimum Gasteiger partial charge on any atom is -0.364 e. The minimum atomic E-state index is -0.208. The van der Waals surface area contributed by atoms with E-state index in [2.05, 4.69) is 17.2 Å². The van der Waals surface area contributed by atoms with E-state index >= 15 is 0 Å². The molecule has 0 aromatic heterocycles. The lowest BCUT2D eigenvalue weighted by atomic mass is 10.0. The second kappa shape index (κ2) is 8.32. The topological polar surface area (TPSA) is 58.6 Å². The van der Waals surface area contributed by atoms with Crippen LogP contribution in [0.1, 0.15) is 29.5 Å². The van der Waals surface area contributed by atoms with Gasteiger partial charge >= 0.3 is 0 Å². The van der Waals surface area contributed by atoms with Crippen LogP contribution in [0.4, 0.5) is 5.69 Å². The van der Waals surface area contributed by atoms with Gasteiger partial charge in [0.15, 0.2) is 0 Å². The summed E-state index contributed by atoms with van der Waals surface area (Å²) in [6.45, 7) is 0.572. The van der Waals surface area contributed by atoms with E-state index in [-0.39, 0.29) is 31.4 Å². The number of benzene rings is 2. The lowest BCUT2D eigenvalue weighted by Gasteiger charge is -2.26. The van der Waals surface area contributed by atoms with Gasteiger partial charge in [-0.25, -0.2) is 0 Å². The summed E-state index contributed by atoms with van der Waals surface area (Å²) in [5.41, 5.74) is 3.49. The molecule has 0 fully saturated rings. The number of amides is 2. The van der Waals surface area contributed by atoms with E-state index in [0.717, 1.165) is 22.4 Å². The minimum absolute atomic E-state index is 0.108. The molecule has 5 nitrogen and oxygen atoms in total. The number of rotatable bonds is 5. The maximum atomic E-state index is 12.9. The van der Waals surface area contributed by atoms with Crippen molar-refractivity contribution in [1.29, 1.82) is 0 Å². The van der Waals surface area contributed by atoms with Crippen molar-refractivity contribution in [2.45, 2.75) is 19.4 Å². The summed E-state index contributed by atoms with van der Waals surface area (Å²) in [4.78, 5) is 26.4. The zero-order valence-corrected chi connectivity index (χ0v) is 14.6. The van der Waals surface area contributed by atoms with Gasteiger partial charge in [0.25, 0.3) is 0 Å². The molecule has 1 aliphatic rings. The number of hydrogen-bond acceptors (Lipinski definition) is 3. The summed E-state index contributed by atoms with van der Waals surface area (Å²) >= 11 is 0. The molecule has 3 rings (SSSR count). The quantitative estimate of drug-likeness (QED) is 0.667. The molecular formula is C21H20N2O3. The number of carbonyl (C=O) groups is 2. The highest BCUT2D eigenvalue weighted by Crippen LogP contribution is 2.26. The SMILES string of the molecule is COCNC(=O)CCC(=O)N1Cc2ccccc2C#Cc2ccccc21.